The zero-order valence-corrected chi connectivity index (χ0v) is 15.9. The Kier molecular flexibility index (Phi) is 4.86. The van der Waals surface area contributed by atoms with Crippen molar-refractivity contribution >= 4 is 18.5 Å². The van der Waals surface area contributed by atoms with Crippen LogP contribution in [0.4, 0.5) is 0 Å². The third kappa shape index (κ3) is 3.56. The average molecular weight is 345 g/mol. The second-order valence-electron chi connectivity index (χ2n) is 7.92. The fraction of sp³-hybridized carbons (Fsp3) is 0.632. The molecule has 3 rings (SSSR count). The van der Waals surface area contributed by atoms with E-state index in [1.54, 1.807) is 7.11 Å². The number of methoxy groups -OCH3 is 1. The predicted molar refractivity (Wildman–Crippen MR) is 98.2 cm³/mol. The Hall–Kier alpha value is -1.53. The minimum atomic E-state index is -0.475. The quantitative estimate of drug-likeness (QED) is 0.785. The van der Waals surface area contributed by atoms with Crippen LogP contribution in [0.2, 0.25) is 0 Å². The molecular formula is C19H28BNO4. The van der Waals surface area contributed by atoms with Gasteiger partial charge < -0.3 is 18.9 Å². The van der Waals surface area contributed by atoms with Crippen molar-refractivity contribution in [3.63, 3.8) is 0 Å². The molecule has 2 aliphatic rings. The minimum Gasteiger partial charge on any atom is -0.497 e. The fourth-order valence-electron chi connectivity index (χ4n) is 3.30. The normalized spacial score (nSPS) is 21.6. The lowest BCUT2D eigenvalue weighted by Gasteiger charge is -2.32. The molecule has 1 aromatic rings. The van der Waals surface area contributed by atoms with Crippen LogP contribution in [0.1, 0.15) is 46.1 Å². The molecule has 0 atom stereocenters. The number of carbonyl (C=O) groups excluding carboxylic acids is 1. The maximum Gasteiger partial charge on any atom is 0.495 e. The van der Waals surface area contributed by atoms with E-state index in [4.69, 9.17) is 14.0 Å². The zero-order valence-electron chi connectivity index (χ0n) is 15.9. The summed E-state index contributed by atoms with van der Waals surface area (Å²) in [5.74, 6) is 0.896. The number of likely N-dealkylation sites (tertiary alicyclic amines) is 1. The molecule has 0 bridgehead atoms. The predicted octanol–water partition coefficient (Wildman–Crippen LogP) is 2.16. The van der Waals surface area contributed by atoms with E-state index < -0.39 is 18.3 Å². The molecule has 0 radical (unpaired) electrons. The second-order valence-corrected chi connectivity index (χ2v) is 7.92. The Morgan fingerprint density at radius 1 is 1.16 bits per heavy atom. The SMILES string of the molecule is COc1ccc(B2OC(C)(C)C(C)(C)O2)c(CC(=O)N2CCCC2)c1. The lowest BCUT2D eigenvalue weighted by atomic mass is 9.75. The standard InChI is InChI=1S/C19H28BNO4/c1-18(2)19(3,4)25-20(24-18)16-9-8-15(23-5)12-14(16)13-17(22)21-10-6-7-11-21/h8-9,12H,6-7,10-11,13H2,1-5H3. The van der Waals surface area contributed by atoms with Crippen LogP contribution < -0.4 is 10.2 Å². The second kappa shape index (κ2) is 6.65. The smallest absolute Gasteiger partial charge is 0.495 e. The summed E-state index contributed by atoms with van der Waals surface area (Å²) in [5.41, 5.74) is 1.00. The van der Waals surface area contributed by atoms with Gasteiger partial charge in [0.05, 0.1) is 24.7 Å². The number of hydrogen-bond donors (Lipinski definition) is 0. The molecule has 2 saturated heterocycles. The first-order chi connectivity index (χ1) is 11.7. The van der Waals surface area contributed by atoms with Crippen molar-refractivity contribution in [1.82, 2.24) is 4.90 Å². The molecule has 5 nitrogen and oxygen atoms in total. The van der Waals surface area contributed by atoms with Crippen LogP contribution in [0.25, 0.3) is 0 Å². The summed E-state index contributed by atoms with van der Waals surface area (Å²) in [6, 6.07) is 5.77. The maximum atomic E-state index is 12.6. The van der Waals surface area contributed by atoms with E-state index in [9.17, 15) is 4.79 Å². The van der Waals surface area contributed by atoms with Crippen LogP contribution in [-0.4, -0.2) is 49.3 Å². The van der Waals surface area contributed by atoms with Gasteiger partial charge in [0.15, 0.2) is 0 Å². The summed E-state index contributed by atoms with van der Waals surface area (Å²) in [5, 5.41) is 0. The van der Waals surface area contributed by atoms with E-state index in [2.05, 4.69) is 0 Å². The molecule has 0 N–H and O–H groups in total. The van der Waals surface area contributed by atoms with Crippen molar-refractivity contribution in [2.75, 3.05) is 20.2 Å². The highest BCUT2D eigenvalue weighted by molar-refractivity contribution is 6.62. The van der Waals surface area contributed by atoms with Gasteiger partial charge in [-0.1, -0.05) is 6.07 Å². The summed E-state index contributed by atoms with van der Waals surface area (Å²) in [4.78, 5) is 14.6. The van der Waals surface area contributed by atoms with Gasteiger partial charge in [-0.25, -0.2) is 0 Å². The summed E-state index contributed by atoms with van der Waals surface area (Å²) in [6.45, 7) is 9.84. The molecule has 6 heteroatoms. The highest BCUT2D eigenvalue weighted by atomic mass is 16.7. The molecule has 0 aliphatic carbocycles. The minimum absolute atomic E-state index is 0.156. The molecule has 1 aromatic carbocycles. The average Bonchev–Trinajstić information content (AvgIpc) is 3.14. The van der Waals surface area contributed by atoms with Gasteiger partial charge in [0.25, 0.3) is 0 Å². The topological polar surface area (TPSA) is 48.0 Å². The van der Waals surface area contributed by atoms with Crippen LogP contribution >= 0.6 is 0 Å². The van der Waals surface area contributed by atoms with Crippen LogP contribution in [0, 0.1) is 0 Å². The molecule has 1 amide bonds. The van der Waals surface area contributed by atoms with Crippen molar-refractivity contribution in [2.24, 2.45) is 0 Å². The molecule has 2 aliphatic heterocycles. The van der Waals surface area contributed by atoms with Gasteiger partial charge in [-0.2, -0.15) is 0 Å². The Balaban J connectivity index is 1.87. The summed E-state index contributed by atoms with van der Waals surface area (Å²) in [6.07, 6.45) is 2.53. The van der Waals surface area contributed by atoms with E-state index in [1.165, 1.54) is 0 Å². The zero-order chi connectivity index (χ0) is 18.2. The van der Waals surface area contributed by atoms with Crippen molar-refractivity contribution in [3.05, 3.63) is 23.8 Å². The third-order valence-corrected chi connectivity index (χ3v) is 5.66. The first-order valence-electron chi connectivity index (χ1n) is 9.04. The molecule has 0 unspecified atom stereocenters. The molecule has 0 spiro atoms. The van der Waals surface area contributed by atoms with Gasteiger partial charge in [0.1, 0.15) is 5.75 Å². The first-order valence-corrected chi connectivity index (χ1v) is 9.04. The fourth-order valence-corrected chi connectivity index (χ4v) is 3.30. The van der Waals surface area contributed by atoms with Gasteiger partial charge in [-0.05, 0) is 63.7 Å². The largest absolute Gasteiger partial charge is 0.497 e. The molecule has 0 saturated carbocycles. The number of nitrogens with zero attached hydrogens (tertiary/aromatic N) is 1. The number of hydrogen-bond acceptors (Lipinski definition) is 4. The molecule has 136 valence electrons. The van der Waals surface area contributed by atoms with Crippen LogP contribution in [0.5, 0.6) is 5.75 Å². The molecular weight excluding hydrogens is 317 g/mol. The van der Waals surface area contributed by atoms with Crippen LogP contribution in [-0.2, 0) is 20.5 Å². The van der Waals surface area contributed by atoms with Gasteiger partial charge in [0, 0.05) is 13.1 Å². The maximum absolute atomic E-state index is 12.6. The summed E-state index contributed by atoms with van der Waals surface area (Å²) < 4.78 is 17.7. The lowest BCUT2D eigenvalue weighted by molar-refractivity contribution is -0.129. The van der Waals surface area contributed by atoms with E-state index >= 15 is 0 Å². The van der Waals surface area contributed by atoms with E-state index in [0.717, 1.165) is 42.7 Å². The van der Waals surface area contributed by atoms with Crippen molar-refractivity contribution in [1.29, 1.82) is 0 Å². The van der Waals surface area contributed by atoms with Gasteiger partial charge >= 0.3 is 7.12 Å². The third-order valence-electron chi connectivity index (χ3n) is 5.66. The summed E-state index contributed by atoms with van der Waals surface area (Å²) >= 11 is 0. The lowest BCUT2D eigenvalue weighted by Crippen LogP contribution is -2.41. The highest BCUT2D eigenvalue weighted by Gasteiger charge is 2.52. The van der Waals surface area contributed by atoms with Gasteiger partial charge in [-0.15, -0.1) is 0 Å². The Bertz CT molecular complexity index is 637. The molecule has 0 aromatic heterocycles. The number of amides is 1. The van der Waals surface area contributed by atoms with E-state index in [0.29, 0.717) is 6.42 Å². The Morgan fingerprint density at radius 3 is 2.32 bits per heavy atom. The number of benzene rings is 1. The Labute approximate surface area is 150 Å². The van der Waals surface area contributed by atoms with Gasteiger partial charge in [0.2, 0.25) is 5.91 Å². The first kappa shape index (κ1) is 18.3. The highest BCUT2D eigenvalue weighted by Crippen LogP contribution is 2.37. The van der Waals surface area contributed by atoms with Crippen molar-refractivity contribution < 1.29 is 18.8 Å². The van der Waals surface area contributed by atoms with Crippen LogP contribution in [0.15, 0.2) is 18.2 Å². The monoisotopic (exact) mass is 345 g/mol. The Morgan fingerprint density at radius 2 is 1.76 bits per heavy atom. The molecule has 2 fully saturated rings. The van der Waals surface area contributed by atoms with Gasteiger partial charge in [-0.3, -0.25) is 4.79 Å². The molecule has 25 heavy (non-hydrogen) atoms. The number of rotatable bonds is 4. The number of ether oxygens (including phenoxy) is 1. The summed E-state index contributed by atoms with van der Waals surface area (Å²) in [7, 11) is 1.16. The van der Waals surface area contributed by atoms with Crippen molar-refractivity contribution in [3.8, 4) is 5.75 Å². The van der Waals surface area contributed by atoms with Crippen LogP contribution in [0.3, 0.4) is 0 Å². The molecule has 2 heterocycles. The van der Waals surface area contributed by atoms with Crippen molar-refractivity contribution in [2.45, 2.75) is 58.2 Å². The van der Waals surface area contributed by atoms with E-state index in [1.807, 2.05) is 50.8 Å². The number of carbonyl (C=O) groups is 1. The van der Waals surface area contributed by atoms with E-state index in [-0.39, 0.29) is 5.91 Å².